The van der Waals surface area contributed by atoms with Crippen molar-refractivity contribution in [3.63, 3.8) is 0 Å². The first-order chi connectivity index (χ1) is 6.09. The van der Waals surface area contributed by atoms with Gasteiger partial charge in [0.15, 0.2) is 0 Å². The Bertz CT molecular complexity index is 269. The van der Waals surface area contributed by atoms with Gasteiger partial charge in [-0.15, -0.1) is 0 Å². The number of phenols is 1. The van der Waals surface area contributed by atoms with Crippen LogP contribution in [0.15, 0.2) is 24.3 Å². The van der Waals surface area contributed by atoms with E-state index in [0.29, 0.717) is 0 Å². The molecule has 2 nitrogen and oxygen atoms in total. The quantitative estimate of drug-likeness (QED) is 0.746. The zero-order valence-corrected chi connectivity index (χ0v) is 8.07. The Kier molecular flexibility index (Phi) is 3.32. The average molecular weight is 180 g/mol. The summed E-state index contributed by atoms with van der Waals surface area (Å²) in [5, 5.41) is 18.5. The van der Waals surface area contributed by atoms with Crippen molar-refractivity contribution in [2.45, 2.75) is 26.4 Å². The summed E-state index contributed by atoms with van der Waals surface area (Å²) in [6, 6.07) is 7.16. The van der Waals surface area contributed by atoms with Crippen molar-refractivity contribution in [3.8, 4) is 5.75 Å². The molecular weight excluding hydrogens is 164 g/mol. The molecule has 2 heteroatoms. The van der Waals surface area contributed by atoms with Crippen LogP contribution in [0.25, 0.3) is 0 Å². The van der Waals surface area contributed by atoms with Gasteiger partial charge >= 0.3 is 0 Å². The lowest BCUT2D eigenvalue weighted by molar-refractivity contribution is 0.135. The van der Waals surface area contributed by atoms with Gasteiger partial charge in [-0.05, 0) is 37.0 Å². The van der Waals surface area contributed by atoms with Crippen LogP contribution < -0.4 is 0 Å². The Balaban J connectivity index is 2.64. The summed E-state index contributed by atoms with van der Waals surface area (Å²) in [7, 11) is 0. The molecule has 0 radical (unpaired) electrons. The molecule has 0 heterocycles. The lowest BCUT2D eigenvalue weighted by Gasteiger charge is -2.14. The summed E-state index contributed by atoms with van der Waals surface area (Å²) in [4.78, 5) is 0. The van der Waals surface area contributed by atoms with E-state index in [1.165, 1.54) is 0 Å². The minimum Gasteiger partial charge on any atom is -0.508 e. The molecule has 0 aliphatic rings. The SMILES string of the molecule is CC(O)C(C)Cc1cccc(O)c1. The highest BCUT2D eigenvalue weighted by Crippen LogP contribution is 2.16. The van der Waals surface area contributed by atoms with E-state index in [-0.39, 0.29) is 17.8 Å². The van der Waals surface area contributed by atoms with Gasteiger partial charge in [0.05, 0.1) is 6.10 Å². The van der Waals surface area contributed by atoms with E-state index in [4.69, 9.17) is 0 Å². The minimum atomic E-state index is -0.303. The van der Waals surface area contributed by atoms with E-state index in [1.54, 1.807) is 19.1 Å². The number of aliphatic hydroxyl groups excluding tert-OH is 1. The Hall–Kier alpha value is -1.02. The second-order valence-electron chi connectivity index (χ2n) is 3.59. The largest absolute Gasteiger partial charge is 0.508 e. The van der Waals surface area contributed by atoms with Gasteiger partial charge < -0.3 is 10.2 Å². The molecule has 0 aliphatic heterocycles. The van der Waals surface area contributed by atoms with Gasteiger partial charge in [0.2, 0.25) is 0 Å². The third-order valence-corrected chi connectivity index (χ3v) is 2.29. The second kappa shape index (κ2) is 4.28. The highest BCUT2D eigenvalue weighted by atomic mass is 16.3. The maximum absolute atomic E-state index is 9.29. The summed E-state index contributed by atoms with van der Waals surface area (Å²) >= 11 is 0. The summed E-state index contributed by atoms with van der Waals surface area (Å²) < 4.78 is 0. The van der Waals surface area contributed by atoms with E-state index < -0.39 is 0 Å². The topological polar surface area (TPSA) is 40.5 Å². The van der Waals surface area contributed by atoms with Crippen molar-refractivity contribution in [2.75, 3.05) is 0 Å². The number of phenolic OH excluding ortho intramolecular Hbond substituents is 1. The first-order valence-electron chi connectivity index (χ1n) is 4.55. The van der Waals surface area contributed by atoms with Crippen LogP contribution in [0.3, 0.4) is 0 Å². The molecule has 2 atom stereocenters. The van der Waals surface area contributed by atoms with Crippen LogP contribution in [0, 0.1) is 5.92 Å². The first kappa shape index (κ1) is 10.1. The Morgan fingerprint density at radius 3 is 2.54 bits per heavy atom. The zero-order chi connectivity index (χ0) is 9.84. The normalized spacial score (nSPS) is 15.3. The maximum Gasteiger partial charge on any atom is 0.115 e. The number of benzene rings is 1. The van der Waals surface area contributed by atoms with Gasteiger partial charge in [-0.2, -0.15) is 0 Å². The maximum atomic E-state index is 9.29. The van der Waals surface area contributed by atoms with Gasteiger partial charge in [-0.1, -0.05) is 19.1 Å². The number of aliphatic hydroxyl groups is 1. The van der Waals surface area contributed by atoms with Crippen molar-refractivity contribution in [3.05, 3.63) is 29.8 Å². The molecule has 1 rings (SSSR count). The fourth-order valence-electron chi connectivity index (χ4n) is 1.23. The molecule has 2 unspecified atom stereocenters. The van der Waals surface area contributed by atoms with E-state index in [0.717, 1.165) is 12.0 Å². The molecule has 0 saturated carbocycles. The molecule has 1 aromatic rings. The highest BCUT2D eigenvalue weighted by molar-refractivity contribution is 5.27. The number of hydrogen-bond acceptors (Lipinski definition) is 2. The van der Waals surface area contributed by atoms with Crippen LogP contribution in [0.1, 0.15) is 19.4 Å². The summed E-state index contributed by atoms with van der Waals surface area (Å²) in [5.74, 6) is 0.511. The Labute approximate surface area is 78.8 Å². The predicted molar refractivity (Wildman–Crippen MR) is 52.7 cm³/mol. The highest BCUT2D eigenvalue weighted by Gasteiger charge is 2.09. The zero-order valence-electron chi connectivity index (χ0n) is 8.07. The van der Waals surface area contributed by atoms with Crippen LogP contribution in [-0.4, -0.2) is 16.3 Å². The van der Waals surface area contributed by atoms with Gasteiger partial charge in [0.1, 0.15) is 5.75 Å². The van der Waals surface area contributed by atoms with Crippen molar-refractivity contribution >= 4 is 0 Å². The molecule has 0 bridgehead atoms. The van der Waals surface area contributed by atoms with E-state index in [1.807, 2.05) is 19.1 Å². The van der Waals surface area contributed by atoms with E-state index in [9.17, 15) is 10.2 Å². The summed E-state index contributed by atoms with van der Waals surface area (Å²) in [6.45, 7) is 3.78. The molecule has 2 N–H and O–H groups in total. The van der Waals surface area contributed by atoms with Crippen LogP contribution in [0.4, 0.5) is 0 Å². The molecular formula is C11H16O2. The van der Waals surface area contributed by atoms with Gasteiger partial charge in [0, 0.05) is 0 Å². The Morgan fingerprint density at radius 2 is 2.00 bits per heavy atom. The molecule has 0 saturated heterocycles. The van der Waals surface area contributed by atoms with Crippen molar-refractivity contribution in [1.29, 1.82) is 0 Å². The number of rotatable bonds is 3. The molecule has 1 aromatic carbocycles. The van der Waals surface area contributed by atoms with Gasteiger partial charge in [-0.3, -0.25) is 0 Å². The molecule has 0 fully saturated rings. The lowest BCUT2D eigenvalue weighted by atomic mass is 9.97. The average Bonchev–Trinajstić information content (AvgIpc) is 2.04. The fourth-order valence-corrected chi connectivity index (χ4v) is 1.23. The Morgan fingerprint density at radius 1 is 1.31 bits per heavy atom. The third kappa shape index (κ3) is 3.07. The first-order valence-corrected chi connectivity index (χ1v) is 4.55. The monoisotopic (exact) mass is 180 g/mol. The predicted octanol–water partition coefficient (Wildman–Crippen LogP) is 1.95. The molecule has 13 heavy (non-hydrogen) atoms. The van der Waals surface area contributed by atoms with E-state index in [2.05, 4.69) is 0 Å². The number of aromatic hydroxyl groups is 1. The van der Waals surface area contributed by atoms with Crippen molar-refractivity contribution in [1.82, 2.24) is 0 Å². The van der Waals surface area contributed by atoms with Gasteiger partial charge in [0.25, 0.3) is 0 Å². The molecule has 72 valence electrons. The number of hydrogen-bond donors (Lipinski definition) is 2. The van der Waals surface area contributed by atoms with Crippen LogP contribution >= 0.6 is 0 Å². The molecule has 0 aromatic heterocycles. The summed E-state index contributed by atoms with van der Waals surface area (Å²) in [6.07, 6.45) is 0.494. The van der Waals surface area contributed by atoms with E-state index >= 15 is 0 Å². The van der Waals surface area contributed by atoms with Crippen LogP contribution in [-0.2, 0) is 6.42 Å². The van der Waals surface area contributed by atoms with Gasteiger partial charge in [-0.25, -0.2) is 0 Å². The standard InChI is InChI=1S/C11H16O2/c1-8(9(2)12)6-10-4-3-5-11(13)7-10/h3-5,7-9,12-13H,6H2,1-2H3. The second-order valence-corrected chi connectivity index (χ2v) is 3.59. The third-order valence-electron chi connectivity index (χ3n) is 2.29. The molecule has 0 aliphatic carbocycles. The smallest absolute Gasteiger partial charge is 0.115 e. The fraction of sp³-hybridized carbons (Fsp3) is 0.455. The summed E-state index contributed by atoms with van der Waals surface area (Å²) in [5.41, 5.74) is 1.06. The minimum absolute atomic E-state index is 0.224. The van der Waals surface area contributed by atoms with Crippen molar-refractivity contribution < 1.29 is 10.2 Å². The molecule has 0 amide bonds. The lowest BCUT2D eigenvalue weighted by Crippen LogP contribution is -2.15. The van der Waals surface area contributed by atoms with Crippen molar-refractivity contribution in [2.24, 2.45) is 5.92 Å². The van der Waals surface area contributed by atoms with Crippen LogP contribution in [0.5, 0.6) is 5.75 Å². The van der Waals surface area contributed by atoms with Crippen LogP contribution in [0.2, 0.25) is 0 Å². The molecule has 0 spiro atoms.